The Balaban J connectivity index is 2.41. The van der Waals surface area contributed by atoms with Gasteiger partial charge in [0.1, 0.15) is 0 Å². The summed E-state index contributed by atoms with van der Waals surface area (Å²) in [6, 6.07) is 0. The highest BCUT2D eigenvalue weighted by atomic mass is 16.5. The molecule has 2 nitrogen and oxygen atoms in total. The Labute approximate surface area is 68.9 Å². The van der Waals surface area contributed by atoms with Gasteiger partial charge in [-0.15, -0.1) is 0 Å². The van der Waals surface area contributed by atoms with Crippen LogP contribution in [0.25, 0.3) is 0 Å². The summed E-state index contributed by atoms with van der Waals surface area (Å²) in [6.45, 7) is 2.23. The Hall–Kier alpha value is -0.0800. The van der Waals surface area contributed by atoms with E-state index in [2.05, 4.69) is 6.92 Å². The van der Waals surface area contributed by atoms with E-state index in [1.165, 1.54) is 19.3 Å². The van der Waals surface area contributed by atoms with E-state index in [0.717, 1.165) is 5.92 Å². The third kappa shape index (κ3) is 1.94. The molecule has 2 heteroatoms. The average Bonchev–Trinajstić information content (AvgIpc) is 2.46. The second-order valence-corrected chi connectivity index (χ2v) is 3.29. The van der Waals surface area contributed by atoms with Gasteiger partial charge in [-0.2, -0.15) is 0 Å². The molecule has 0 heterocycles. The lowest BCUT2D eigenvalue weighted by atomic mass is 10.1. The van der Waals surface area contributed by atoms with Gasteiger partial charge in [0.25, 0.3) is 0 Å². The van der Waals surface area contributed by atoms with Crippen molar-refractivity contribution >= 4 is 0 Å². The summed E-state index contributed by atoms with van der Waals surface area (Å²) < 4.78 is 10.6. The highest BCUT2D eigenvalue weighted by Crippen LogP contribution is 2.31. The van der Waals surface area contributed by atoms with Crippen LogP contribution >= 0.6 is 0 Å². The van der Waals surface area contributed by atoms with E-state index in [1.54, 1.807) is 14.2 Å². The van der Waals surface area contributed by atoms with Gasteiger partial charge in [-0.25, -0.2) is 0 Å². The summed E-state index contributed by atoms with van der Waals surface area (Å²) in [5, 5.41) is 0. The number of hydrogen-bond acceptors (Lipinski definition) is 2. The van der Waals surface area contributed by atoms with Crippen molar-refractivity contribution in [3.63, 3.8) is 0 Å². The van der Waals surface area contributed by atoms with Gasteiger partial charge in [0.2, 0.25) is 0 Å². The van der Waals surface area contributed by atoms with Crippen molar-refractivity contribution < 1.29 is 9.47 Å². The van der Waals surface area contributed by atoms with Crippen LogP contribution in [-0.2, 0) is 9.47 Å². The number of hydrogen-bond donors (Lipinski definition) is 0. The van der Waals surface area contributed by atoms with Crippen LogP contribution in [0.1, 0.15) is 26.2 Å². The van der Waals surface area contributed by atoms with Gasteiger partial charge in [0, 0.05) is 14.2 Å². The third-order valence-electron chi connectivity index (χ3n) is 2.73. The molecule has 0 saturated heterocycles. The lowest BCUT2D eigenvalue weighted by molar-refractivity contribution is -0.0157. The first-order valence-corrected chi connectivity index (χ1v) is 4.37. The minimum Gasteiger partial charge on any atom is -0.379 e. The monoisotopic (exact) mass is 158 g/mol. The Morgan fingerprint density at radius 3 is 1.82 bits per heavy atom. The van der Waals surface area contributed by atoms with E-state index in [9.17, 15) is 0 Å². The minimum atomic E-state index is 0.338. The summed E-state index contributed by atoms with van der Waals surface area (Å²) >= 11 is 0. The van der Waals surface area contributed by atoms with E-state index in [1.807, 2.05) is 0 Å². The lowest BCUT2D eigenvalue weighted by Gasteiger charge is -2.15. The maximum Gasteiger partial charge on any atom is 0.0835 e. The second-order valence-electron chi connectivity index (χ2n) is 3.29. The SMILES string of the molecule is CCC1C[C@H](OC)[C@H](OC)C1. The molecule has 0 aromatic carbocycles. The van der Waals surface area contributed by atoms with E-state index in [0.29, 0.717) is 12.2 Å². The lowest BCUT2D eigenvalue weighted by Crippen LogP contribution is -2.23. The first-order valence-electron chi connectivity index (χ1n) is 4.37. The summed E-state index contributed by atoms with van der Waals surface area (Å²) in [4.78, 5) is 0. The molecule has 0 radical (unpaired) electrons. The van der Waals surface area contributed by atoms with Gasteiger partial charge in [0.15, 0.2) is 0 Å². The van der Waals surface area contributed by atoms with Crippen molar-refractivity contribution in [1.82, 2.24) is 0 Å². The minimum absolute atomic E-state index is 0.338. The molecule has 0 aromatic heterocycles. The van der Waals surface area contributed by atoms with Crippen LogP contribution < -0.4 is 0 Å². The van der Waals surface area contributed by atoms with E-state index in [-0.39, 0.29) is 0 Å². The molecule has 1 saturated carbocycles. The normalized spacial score (nSPS) is 37.9. The Morgan fingerprint density at radius 2 is 1.55 bits per heavy atom. The molecular formula is C9H18O2. The number of methoxy groups -OCH3 is 2. The number of rotatable bonds is 3. The van der Waals surface area contributed by atoms with Gasteiger partial charge < -0.3 is 9.47 Å². The molecule has 0 spiro atoms. The predicted molar refractivity (Wildman–Crippen MR) is 44.6 cm³/mol. The van der Waals surface area contributed by atoms with Crippen LogP contribution in [0.4, 0.5) is 0 Å². The number of ether oxygens (including phenoxy) is 2. The second kappa shape index (κ2) is 4.07. The molecule has 11 heavy (non-hydrogen) atoms. The van der Waals surface area contributed by atoms with Gasteiger partial charge in [0.05, 0.1) is 12.2 Å². The molecule has 66 valence electrons. The fourth-order valence-electron chi connectivity index (χ4n) is 1.89. The van der Waals surface area contributed by atoms with Crippen molar-refractivity contribution in [2.24, 2.45) is 5.92 Å². The van der Waals surface area contributed by atoms with Crippen molar-refractivity contribution in [2.75, 3.05) is 14.2 Å². The van der Waals surface area contributed by atoms with Crippen LogP contribution in [0, 0.1) is 5.92 Å². The van der Waals surface area contributed by atoms with E-state index >= 15 is 0 Å². The highest BCUT2D eigenvalue weighted by Gasteiger charge is 2.33. The van der Waals surface area contributed by atoms with Crippen molar-refractivity contribution in [2.45, 2.75) is 38.4 Å². The quantitative estimate of drug-likeness (QED) is 0.624. The first kappa shape index (κ1) is 9.01. The highest BCUT2D eigenvalue weighted by molar-refractivity contribution is 4.84. The predicted octanol–water partition coefficient (Wildman–Crippen LogP) is 1.84. The molecule has 0 aliphatic heterocycles. The van der Waals surface area contributed by atoms with Gasteiger partial charge in [-0.3, -0.25) is 0 Å². The zero-order valence-corrected chi connectivity index (χ0v) is 7.67. The third-order valence-corrected chi connectivity index (χ3v) is 2.73. The molecule has 1 rings (SSSR count). The molecule has 0 bridgehead atoms. The molecule has 1 aliphatic rings. The summed E-state index contributed by atoms with van der Waals surface area (Å²) in [6.07, 6.45) is 4.27. The maximum absolute atomic E-state index is 5.32. The summed E-state index contributed by atoms with van der Waals surface area (Å²) in [5.74, 6) is 0.810. The maximum atomic E-state index is 5.32. The van der Waals surface area contributed by atoms with Gasteiger partial charge in [-0.05, 0) is 18.8 Å². The fraction of sp³-hybridized carbons (Fsp3) is 1.00. The molecule has 1 aliphatic carbocycles. The van der Waals surface area contributed by atoms with Gasteiger partial charge in [-0.1, -0.05) is 13.3 Å². The molecule has 3 atom stereocenters. The van der Waals surface area contributed by atoms with Crippen LogP contribution in [0.15, 0.2) is 0 Å². The van der Waals surface area contributed by atoms with Crippen LogP contribution in [0.5, 0.6) is 0 Å². The molecule has 0 aromatic rings. The van der Waals surface area contributed by atoms with Crippen molar-refractivity contribution in [3.8, 4) is 0 Å². The van der Waals surface area contributed by atoms with Crippen LogP contribution in [-0.4, -0.2) is 26.4 Å². The van der Waals surface area contributed by atoms with Crippen LogP contribution in [0.3, 0.4) is 0 Å². The Bertz CT molecular complexity index is 102. The van der Waals surface area contributed by atoms with E-state index < -0.39 is 0 Å². The smallest absolute Gasteiger partial charge is 0.0835 e. The zero-order valence-electron chi connectivity index (χ0n) is 7.67. The summed E-state index contributed by atoms with van der Waals surface area (Å²) in [7, 11) is 3.55. The molecular weight excluding hydrogens is 140 g/mol. The van der Waals surface area contributed by atoms with Crippen molar-refractivity contribution in [1.29, 1.82) is 0 Å². The fourth-order valence-corrected chi connectivity index (χ4v) is 1.89. The molecule has 1 fully saturated rings. The average molecular weight is 158 g/mol. The van der Waals surface area contributed by atoms with Crippen LogP contribution in [0.2, 0.25) is 0 Å². The molecule has 0 amide bonds. The van der Waals surface area contributed by atoms with Gasteiger partial charge >= 0.3 is 0 Å². The molecule has 0 N–H and O–H groups in total. The van der Waals surface area contributed by atoms with Crippen molar-refractivity contribution in [3.05, 3.63) is 0 Å². The molecule has 1 unspecified atom stereocenters. The standard InChI is InChI=1S/C9H18O2/c1-4-7-5-8(10-2)9(6-7)11-3/h7-9H,4-6H2,1-3H3/t7?,8-,9+. The zero-order chi connectivity index (χ0) is 8.27. The Kier molecular flexibility index (Phi) is 3.34. The Morgan fingerprint density at radius 1 is 1.09 bits per heavy atom. The van der Waals surface area contributed by atoms with E-state index in [4.69, 9.17) is 9.47 Å². The summed E-state index contributed by atoms with van der Waals surface area (Å²) in [5.41, 5.74) is 0. The largest absolute Gasteiger partial charge is 0.379 e. The topological polar surface area (TPSA) is 18.5 Å². The first-order chi connectivity index (χ1) is 5.31.